The quantitative estimate of drug-likeness (QED) is 0.727. The highest BCUT2D eigenvalue weighted by molar-refractivity contribution is 7.07. The zero-order valence-electron chi connectivity index (χ0n) is 12.7. The van der Waals surface area contributed by atoms with Crippen LogP contribution >= 0.6 is 11.3 Å². The van der Waals surface area contributed by atoms with Gasteiger partial charge in [-0.3, -0.25) is 0 Å². The van der Waals surface area contributed by atoms with Crippen LogP contribution in [0.4, 0.5) is 4.79 Å². The summed E-state index contributed by atoms with van der Waals surface area (Å²) in [6.45, 7) is 5.93. The van der Waals surface area contributed by atoms with Crippen LogP contribution in [0.3, 0.4) is 0 Å². The first-order chi connectivity index (χ1) is 10.6. The predicted molar refractivity (Wildman–Crippen MR) is 87.0 cm³/mol. The van der Waals surface area contributed by atoms with Crippen LogP contribution in [-0.2, 0) is 4.74 Å². The van der Waals surface area contributed by atoms with E-state index in [2.05, 4.69) is 9.97 Å². The van der Waals surface area contributed by atoms with E-state index in [9.17, 15) is 4.79 Å². The van der Waals surface area contributed by atoms with E-state index in [4.69, 9.17) is 4.74 Å². The van der Waals surface area contributed by atoms with Crippen molar-refractivity contribution in [3.63, 3.8) is 0 Å². The van der Waals surface area contributed by atoms with Crippen molar-refractivity contribution in [2.45, 2.75) is 26.9 Å². The molecule has 0 spiro atoms. The van der Waals surface area contributed by atoms with Gasteiger partial charge in [0, 0.05) is 5.38 Å². The third kappa shape index (κ3) is 2.62. The SMILES string of the molecule is CC(C)C(C)OC(=O)n1c(-c2cscn2)nc2ccccc21. The molecule has 22 heavy (non-hydrogen) atoms. The van der Waals surface area contributed by atoms with Crippen LogP contribution in [0.2, 0.25) is 0 Å². The van der Waals surface area contributed by atoms with Crippen LogP contribution in [-0.4, -0.2) is 26.7 Å². The highest BCUT2D eigenvalue weighted by Gasteiger charge is 2.22. The molecule has 6 heteroatoms. The molecule has 0 N–H and O–H groups in total. The minimum Gasteiger partial charge on any atom is -0.446 e. The number of imidazole rings is 1. The number of para-hydroxylation sites is 2. The minimum absolute atomic E-state index is 0.169. The van der Waals surface area contributed by atoms with Gasteiger partial charge in [0.25, 0.3) is 0 Å². The molecule has 0 aliphatic rings. The number of rotatable bonds is 3. The summed E-state index contributed by atoms with van der Waals surface area (Å²) in [6, 6.07) is 7.51. The molecule has 0 saturated carbocycles. The van der Waals surface area contributed by atoms with E-state index < -0.39 is 6.09 Å². The van der Waals surface area contributed by atoms with Gasteiger partial charge >= 0.3 is 6.09 Å². The third-order valence-electron chi connectivity index (χ3n) is 3.63. The molecular formula is C16H17N3O2S. The van der Waals surface area contributed by atoms with Gasteiger partial charge in [0.1, 0.15) is 11.8 Å². The molecule has 5 nitrogen and oxygen atoms in total. The average Bonchev–Trinajstić information content (AvgIpc) is 3.13. The molecule has 3 rings (SSSR count). The average molecular weight is 315 g/mol. The van der Waals surface area contributed by atoms with Crippen LogP contribution in [0, 0.1) is 5.92 Å². The van der Waals surface area contributed by atoms with Gasteiger partial charge in [0.15, 0.2) is 5.82 Å². The highest BCUT2D eigenvalue weighted by atomic mass is 32.1. The second kappa shape index (κ2) is 5.88. The van der Waals surface area contributed by atoms with Gasteiger partial charge in [-0.25, -0.2) is 19.3 Å². The Hall–Kier alpha value is -2.21. The maximum Gasteiger partial charge on any atom is 0.420 e. The Balaban J connectivity index is 2.10. The standard InChI is InChI=1S/C16H17N3O2S/c1-10(2)11(3)21-16(20)19-14-7-5-4-6-12(14)18-15(19)13-8-22-9-17-13/h4-11H,1-3H3. The van der Waals surface area contributed by atoms with Gasteiger partial charge in [-0.2, -0.15) is 0 Å². The first-order valence-electron chi connectivity index (χ1n) is 7.15. The molecule has 0 bridgehead atoms. The van der Waals surface area contributed by atoms with Gasteiger partial charge in [-0.1, -0.05) is 26.0 Å². The molecule has 1 aromatic carbocycles. The van der Waals surface area contributed by atoms with Gasteiger partial charge in [-0.05, 0) is 25.0 Å². The van der Waals surface area contributed by atoms with E-state index in [1.807, 2.05) is 50.4 Å². The number of hydrogen-bond donors (Lipinski definition) is 0. The van der Waals surface area contributed by atoms with Gasteiger partial charge in [0.2, 0.25) is 0 Å². The number of aromatic nitrogens is 3. The summed E-state index contributed by atoms with van der Waals surface area (Å²) < 4.78 is 7.07. The van der Waals surface area contributed by atoms with Crippen LogP contribution in [0.5, 0.6) is 0 Å². The number of carbonyl (C=O) groups is 1. The zero-order valence-corrected chi connectivity index (χ0v) is 13.5. The molecule has 2 heterocycles. The smallest absolute Gasteiger partial charge is 0.420 e. The lowest BCUT2D eigenvalue weighted by molar-refractivity contribution is 0.0843. The second-order valence-corrected chi connectivity index (χ2v) is 6.18. The van der Waals surface area contributed by atoms with Crippen molar-refractivity contribution < 1.29 is 9.53 Å². The number of ether oxygens (including phenoxy) is 1. The summed E-state index contributed by atoms with van der Waals surface area (Å²) in [5, 5.41) is 1.87. The van der Waals surface area contributed by atoms with E-state index in [0.717, 1.165) is 11.0 Å². The Morgan fingerprint density at radius 1 is 1.27 bits per heavy atom. The Morgan fingerprint density at radius 3 is 2.73 bits per heavy atom. The van der Waals surface area contributed by atoms with E-state index in [1.54, 1.807) is 5.51 Å². The van der Waals surface area contributed by atoms with E-state index in [0.29, 0.717) is 11.5 Å². The van der Waals surface area contributed by atoms with Crippen molar-refractivity contribution >= 4 is 28.5 Å². The summed E-state index contributed by atoms with van der Waals surface area (Å²) in [5.41, 5.74) is 3.88. The molecule has 0 amide bonds. The van der Waals surface area contributed by atoms with Gasteiger partial charge < -0.3 is 4.74 Å². The van der Waals surface area contributed by atoms with Gasteiger partial charge in [0.05, 0.1) is 16.5 Å². The molecule has 0 radical (unpaired) electrons. The highest BCUT2D eigenvalue weighted by Crippen LogP contribution is 2.25. The van der Waals surface area contributed by atoms with Crippen LogP contribution in [0.1, 0.15) is 20.8 Å². The summed E-state index contributed by atoms with van der Waals surface area (Å²) in [7, 11) is 0. The summed E-state index contributed by atoms with van der Waals surface area (Å²) in [6.07, 6.45) is -0.588. The van der Waals surface area contributed by atoms with Crippen molar-refractivity contribution in [3.05, 3.63) is 35.2 Å². The fourth-order valence-corrected chi connectivity index (χ4v) is 2.58. The molecule has 2 aromatic heterocycles. The molecule has 1 unspecified atom stereocenters. The minimum atomic E-state index is -0.419. The number of thiazole rings is 1. The van der Waals surface area contributed by atoms with Crippen molar-refractivity contribution in [3.8, 4) is 11.5 Å². The fourth-order valence-electron chi connectivity index (χ4n) is 2.05. The number of carbonyl (C=O) groups excluding carboxylic acids is 1. The third-order valence-corrected chi connectivity index (χ3v) is 4.22. The zero-order chi connectivity index (χ0) is 15.7. The number of hydrogen-bond acceptors (Lipinski definition) is 5. The first kappa shape index (κ1) is 14.7. The van der Waals surface area contributed by atoms with E-state index in [1.165, 1.54) is 15.9 Å². The van der Waals surface area contributed by atoms with Crippen molar-refractivity contribution in [1.82, 2.24) is 14.5 Å². The lowest BCUT2D eigenvalue weighted by atomic mass is 10.1. The summed E-state index contributed by atoms with van der Waals surface area (Å²) in [4.78, 5) is 21.4. The van der Waals surface area contributed by atoms with Crippen LogP contribution in [0.25, 0.3) is 22.6 Å². The molecule has 114 valence electrons. The van der Waals surface area contributed by atoms with Crippen LogP contribution in [0.15, 0.2) is 35.2 Å². The van der Waals surface area contributed by atoms with Crippen molar-refractivity contribution in [1.29, 1.82) is 0 Å². The molecule has 3 aromatic rings. The first-order valence-corrected chi connectivity index (χ1v) is 8.09. The Labute approximate surface area is 132 Å². The Kier molecular flexibility index (Phi) is 3.94. The predicted octanol–water partition coefficient (Wildman–Crippen LogP) is 4.19. The Morgan fingerprint density at radius 2 is 2.05 bits per heavy atom. The molecular weight excluding hydrogens is 298 g/mol. The maximum atomic E-state index is 12.6. The second-order valence-electron chi connectivity index (χ2n) is 5.47. The monoisotopic (exact) mass is 315 g/mol. The molecule has 0 saturated heterocycles. The molecule has 0 aliphatic carbocycles. The normalized spacial score (nSPS) is 12.7. The largest absolute Gasteiger partial charge is 0.446 e. The van der Waals surface area contributed by atoms with Crippen molar-refractivity contribution in [2.75, 3.05) is 0 Å². The molecule has 0 fully saturated rings. The summed E-state index contributed by atoms with van der Waals surface area (Å²) in [5.74, 6) is 0.768. The molecule has 1 atom stereocenters. The topological polar surface area (TPSA) is 57.0 Å². The fraction of sp³-hybridized carbons (Fsp3) is 0.312. The Bertz CT molecular complexity index is 793. The number of fused-ring (bicyclic) bond motifs is 1. The lowest BCUT2D eigenvalue weighted by Gasteiger charge is -2.17. The van der Waals surface area contributed by atoms with E-state index >= 15 is 0 Å². The number of benzene rings is 1. The molecule has 0 aliphatic heterocycles. The number of nitrogens with zero attached hydrogens (tertiary/aromatic N) is 3. The van der Waals surface area contributed by atoms with Gasteiger partial charge in [-0.15, -0.1) is 11.3 Å². The van der Waals surface area contributed by atoms with E-state index in [-0.39, 0.29) is 12.0 Å². The summed E-state index contributed by atoms with van der Waals surface area (Å²) >= 11 is 1.47. The maximum absolute atomic E-state index is 12.6. The van der Waals surface area contributed by atoms with Crippen LogP contribution < -0.4 is 0 Å². The lowest BCUT2D eigenvalue weighted by Crippen LogP contribution is -2.24. The van der Waals surface area contributed by atoms with Crippen molar-refractivity contribution in [2.24, 2.45) is 5.92 Å².